The van der Waals surface area contributed by atoms with Crippen LogP contribution < -0.4 is 5.73 Å². The molecule has 5 nitrogen and oxygen atoms in total. The van der Waals surface area contributed by atoms with E-state index in [1.54, 1.807) is 30.3 Å². The Morgan fingerprint density at radius 1 is 1.25 bits per heavy atom. The Morgan fingerprint density at radius 2 is 2.00 bits per heavy atom. The van der Waals surface area contributed by atoms with Gasteiger partial charge < -0.3 is 5.73 Å². The Bertz CT molecular complexity index is 691. The molecule has 2 rings (SSSR count). The molecule has 0 aliphatic carbocycles. The maximum Gasteiger partial charge on any atom is 0.269 e. The van der Waals surface area contributed by atoms with Crippen molar-refractivity contribution in [2.45, 2.75) is 10.6 Å². The maximum atomic E-state index is 12.3. The number of nitrogens with two attached hydrogens (primary N) is 1. The van der Waals surface area contributed by atoms with Gasteiger partial charge in [0.2, 0.25) is 0 Å². The average molecular weight is 355 g/mol. The monoisotopic (exact) mass is 354 g/mol. The van der Waals surface area contributed by atoms with Crippen molar-refractivity contribution in [2.24, 2.45) is 0 Å². The Balaban J connectivity index is 2.25. The SMILES string of the molecule is Nc1ccc(Br)cc1S(=O)Cc1cccc([N+](=O)[O-])c1. The number of nitro benzene ring substituents is 1. The first-order chi connectivity index (χ1) is 9.47. The van der Waals surface area contributed by atoms with Gasteiger partial charge in [-0.1, -0.05) is 28.1 Å². The van der Waals surface area contributed by atoms with Crippen molar-refractivity contribution in [1.82, 2.24) is 0 Å². The van der Waals surface area contributed by atoms with Gasteiger partial charge in [0.25, 0.3) is 5.69 Å². The number of rotatable bonds is 4. The summed E-state index contributed by atoms with van der Waals surface area (Å²) in [5, 5.41) is 10.7. The van der Waals surface area contributed by atoms with E-state index in [0.29, 0.717) is 16.1 Å². The van der Waals surface area contributed by atoms with Crippen molar-refractivity contribution in [1.29, 1.82) is 0 Å². The molecule has 0 radical (unpaired) electrons. The Kier molecular flexibility index (Phi) is 4.51. The van der Waals surface area contributed by atoms with Crippen molar-refractivity contribution in [2.75, 3.05) is 5.73 Å². The summed E-state index contributed by atoms with van der Waals surface area (Å²) in [5.41, 5.74) is 6.87. The van der Waals surface area contributed by atoms with E-state index in [9.17, 15) is 14.3 Å². The van der Waals surface area contributed by atoms with Gasteiger partial charge in [-0.05, 0) is 23.8 Å². The van der Waals surface area contributed by atoms with Crippen molar-refractivity contribution < 1.29 is 9.13 Å². The highest BCUT2D eigenvalue weighted by Crippen LogP contribution is 2.24. The molecule has 0 fully saturated rings. The van der Waals surface area contributed by atoms with Crippen LogP contribution in [0.3, 0.4) is 0 Å². The lowest BCUT2D eigenvalue weighted by molar-refractivity contribution is -0.384. The van der Waals surface area contributed by atoms with Crippen LogP contribution in [-0.2, 0) is 16.6 Å². The predicted octanol–water partition coefficient (Wildman–Crippen LogP) is 3.25. The summed E-state index contributed by atoms with van der Waals surface area (Å²) in [6, 6.07) is 11.2. The molecule has 0 aliphatic rings. The number of benzene rings is 2. The minimum Gasteiger partial charge on any atom is -0.398 e. The van der Waals surface area contributed by atoms with Gasteiger partial charge in [-0.15, -0.1) is 0 Å². The predicted molar refractivity (Wildman–Crippen MR) is 81.8 cm³/mol. The minimum absolute atomic E-state index is 0.0123. The molecule has 2 aromatic rings. The van der Waals surface area contributed by atoms with Crippen LogP contribution in [0.4, 0.5) is 11.4 Å². The zero-order chi connectivity index (χ0) is 14.7. The molecule has 1 unspecified atom stereocenters. The number of halogens is 1. The van der Waals surface area contributed by atoms with Gasteiger partial charge in [-0.3, -0.25) is 14.3 Å². The van der Waals surface area contributed by atoms with Crippen LogP contribution in [0.2, 0.25) is 0 Å². The molecule has 0 saturated heterocycles. The number of nitrogen functional groups attached to an aromatic ring is 1. The molecular weight excluding hydrogens is 344 g/mol. The van der Waals surface area contributed by atoms with E-state index >= 15 is 0 Å². The first kappa shape index (κ1) is 14.7. The molecule has 0 bridgehead atoms. The highest BCUT2D eigenvalue weighted by Gasteiger charge is 2.12. The quantitative estimate of drug-likeness (QED) is 0.518. The standard InChI is InChI=1S/C13H11BrN2O3S/c14-10-4-5-12(15)13(7-10)20(19)8-9-2-1-3-11(6-9)16(17)18/h1-7H,8,15H2. The van der Waals surface area contributed by atoms with E-state index in [1.165, 1.54) is 12.1 Å². The van der Waals surface area contributed by atoms with Crippen LogP contribution in [0.25, 0.3) is 0 Å². The highest BCUT2D eigenvalue weighted by molar-refractivity contribution is 9.10. The summed E-state index contributed by atoms with van der Waals surface area (Å²) in [4.78, 5) is 10.8. The summed E-state index contributed by atoms with van der Waals surface area (Å²) in [5.74, 6) is 0.183. The zero-order valence-electron chi connectivity index (χ0n) is 10.3. The van der Waals surface area contributed by atoms with Crippen LogP contribution in [0.1, 0.15) is 5.56 Å². The molecule has 104 valence electrons. The second kappa shape index (κ2) is 6.15. The summed E-state index contributed by atoms with van der Waals surface area (Å²) in [6.07, 6.45) is 0. The van der Waals surface area contributed by atoms with Crippen molar-refractivity contribution in [3.8, 4) is 0 Å². The van der Waals surface area contributed by atoms with E-state index in [0.717, 1.165) is 4.47 Å². The van der Waals surface area contributed by atoms with Crippen LogP contribution in [0, 0.1) is 10.1 Å². The lowest BCUT2D eigenvalue weighted by atomic mass is 10.2. The fraction of sp³-hybridized carbons (Fsp3) is 0.0769. The molecular formula is C13H11BrN2O3S. The van der Waals surface area contributed by atoms with Gasteiger partial charge in [0.1, 0.15) is 0 Å². The van der Waals surface area contributed by atoms with E-state index in [1.807, 2.05) is 0 Å². The van der Waals surface area contributed by atoms with Crippen LogP contribution in [0.15, 0.2) is 51.8 Å². The lowest BCUT2D eigenvalue weighted by Crippen LogP contribution is -2.01. The summed E-state index contributed by atoms with van der Waals surface area (Å²) >= 11 is 3.30. The number of nitro groups is 1. The summed E-state index contributed by atoms with van der Waals surface area (Å²) < 4.78 is 13.1. The number of nitrogens with zero attached hydrogens (tertiary/aromatic N) is 1. The normalized spacial score (nSPS) is 12.1. The Hall–Kier alpha value is -1.73. The van der Waals surface area contributed by atoms with E-state index < -0.39 is 15.7 Å². The topological polar surface area (TPSA) is 86.2 Å². The minimum atomic E-state index is -1.36. The maximum absolute atomic E-state index is 12.3. The highest BCUT2D eigenvalue weighted by atomic mass is 79.9. The van der Waals surface area contributed by atoms with Gasteiger partial charge in [0.15, 0.2) is 0 Å². The van der Waals surface area contributed by atoms with Crippen molar-refractivity contribution in [3.05, 3.63) is 62.6 Å². The molecule has 0 aliphatic heterocycles. The van der Waals surface area contributed by atoms with Gasteiger partial charge in [0.05, 0.1) is 26.4 Å². The number of anilines is 1. The molecule has 0 aromatic heterocycles. The third-order valence-corrected chi connectivity index (χ3v) is 4.57. The molecule has 1 atom stereocenters. The van der Waals surface area contributed by atoms with Gasteiger partial charge in [0, 0.05) is 22.3 Å². The lowest BCUT2D eigenvalue weighted by Gasteiger charge is -2.06. The van der Waals surface area contributed by atoms with Crippen LogP contribution in [0.5, 0.6) is 0 Å². The fourth-order valence-electron chi connectivity index (χ4n) is 1.69. The summed E-state index contributed by atoms with van der Waals surface area (Å²) in [6.45, 7) is 0. The second-order valence-corrected chi connectivity index (χ2v) is 6.43. The number of hydrogen-bond donors (Lipinski definition) is 1. The zero-order valence-corrected chi connectivity index (χ0v) is 12.7. The van der Waals surface area contributed by atoms with Crippen LogP contribution in [-0.4, -0.2) is 9.13 Å². The molecule has 20 heavy (non-hydrogen) atoms. The largest absolute Gasteiger partial charge is 0.398 e. The van der Waals surface area contributed by atoms with Gasteiger partial charge >= 0.3 is 0 Å². The van der Waals surface area contributed by atoms with E-state index in [2.05, 4.69) is 15.9 Å². The van der Waals surface area contributed by atoms with Crippen molar-refractivity contribution in [3.63, 3.8) is 0 Å². The molecule has 0 saturated carbocycles. The molecule has 2 aromatic carbocycles. The number of non-ortho nitro benzene ring substituents is 1. The first-order valence-corrected chi connectivity index (χ1v) is 7.75. The molecule has 7 heteroatoms. The van der Waals surface area contributed by atoms with Gasteiger partial charge in [-0.2, -0.15) is 0 Å². The molecule has 0 spiro atoms. The fourth-order valence-corrected chi connectivity index (χ4v) is 3.43. The Morgan fingerprint density at radius 3 is 2.70 bits per heavy atom. The molecule has 2 N–H and O–H groups in total. The average Bonchev–Trinajstić information content (AvgIpc) is 2.41. The Labute approximate surface area is 126 Å². The third kappa shape index (κ3) is 3.43. The molecule has 0 amide bonds. The first-order valence-electron chi connectivity index (χ1n) is 5.64. The van der Waals surface area contributed by atoms with E-state index in [-0.39, 0.29) is 11.4 Å². The van der Waals surface area contributed by atoms with Gasteiger partial charge in [-0.25, -0.2) is 0 Å². The number of hydrogen-bond acceptors (Lipinski definition) is 4. The molecule has 0 heterocycles. The van der Waals surface area contributed by atoms with Crippen LogP contribution >= 0.6 is 15.9 Å². The second-order valence-electron chi connectivity index (χ2n) is 4.10. The van der Waals surface area contributed by atoms with Crippen molar-refractivity contribution >= 4 is 38.1 Å². The third-order valence-electron chi connectivity index (χ3n) is 2.64. The van der Waals surface area contributed by atoms with E-state index in [4.69, 9.17) is 5.73 Å². The smallest absolute Gasteiger partial charge is 0.269 e. The summed E-state index contributed by atoms with van der Waals surface area (Å²) in [7, 11) is -1.36.